The van der Waals surface area contributed by atoms with Gasteiger partial charge in [0.2, 0.25) is 0 Å². The van der Waals surface area contributed by atoms with E-state index in [1.54, 1.807) is 0 Å². The van der Waals surface area contributed by atoms with Gasteiger partial charge in [-0.1, -0.05) is 6.08 Å². The minimum Gasteiger partial charge on any atom is -0.396 e. The molecule has 0 unspecified atom stereocenters. The maximum Gasteiger partial charge on any atom is 0.0681 e. The van der Waals surface area contributed by atoms with Crippen LogP contribution in [-0.4, -0.2) is 24.9 Å². The maximum atomic E-state index is 8.49. The van der Waals surface area contributed by atoms with Crippen molar-refractivity contribution in [1.29, 1.82) is 0 Å². The van der Waals surface area contributed by atoms with Gasteiger partial charge in [-0.15, -0.1) is 0 Å². The van der Waals surface area contributed by atoms with E-state index in [2.05, 4.69) is 6.08 Å². The van der Waals surface area contributed by atoms with Crippen LogP contribution in [0.1, 0.15) is 19.3 Å². The molecule has 0 fully saturated rings. The van der Waals surface area contributed by atoms with E-state index in [0.29, 0.717) is 6.61 Å². The maximum absolute atomic E-state index is 8.49. The Morgan fingerprint density at radius 1 is 1.50 bits per heavy atom. The minimum absolute atomic E-state index is 0.314. The van der Waals surface area contributed by atoms with E-state index in [1.165, 1.54) is 5.57 Å². The molecule has 0 radical (unpaired) electrons. The highest BCUT2D eigenvalue weighted by atomic mass is 16.5. The second-order valence-electron chi connectivity index (χ2n) is 2.56. The molecule has 0 saturated heterocycles. The first-order chi connectivity index (χ1) is 4.93. The molecule has 0 saturated carbocycles. The molecule has 0 bridgehead atoms. The zero-order chi connectivity index (χ0) is 7.23. The van der Waals surface area contributed by atoms with Crippen molar-refractivity contribution in [3.8, 4) is 0 Å². The SMILES string of the molecule is OCCCCC1=CCOC1. The first-order valence-electron chi connectivity index (χ1n) is 3.80. The Labute approximate surface area is 61.5 Å². The summed E-state index contributed by atoms with van der Waals surface area (Å²) in [6.07, 6.45) is 5.24. The summed E-state index contributed by atoms with van der Waals surface area (Å²) in [6, 6.07) is 0. The van der Waals surface area contributed by atoms with Crippen LogP contribution in [0.15, 0.2) is 11.6 Å². The fourth-order valence-corrected chi connectivity index (χ4v) is 1.06. The van der Waals surface area contributed by atoms with Crippen molar-refractivity contribution in [3.63, 3.8) is 0 Å². The third kappa shape index (κ3) is 2.50. The molecule has 10 heavy (non-hydrogen) atoms. The third-order valence-corrected chi connectivity index (χ3v) is 1.68. The molecule has 1 heterocycles. The van der Waals surface area contributed by atoms with Gasteiger partial charge in [0.1, 0.15) is 0 Å². The van der Waals surface area contributed by atoms with Crippen molar-refractivity contribution in [2.24, 2.45) is 0 Å². The summed E-state index contributed by atoms with van der Waals surface area (Å²) < 4.78 is 5.13. The van der Waals surface area contributed by atoms with Crippen LogP contribution >= 0.6 is 0 Å². The van der Waals surface area contributed by atoms with Crippen molar-refractivity contribution >= 4 is 0 Å². The van der Waals surface area contributed by atoms with Crippen molar-refractivity contribution in [1.82, 2.24) is 0 Å². The van der Waals surface area contributed by atoms with Crippen molar-refractivity contribution in [2.45, 2.75) is 19.3 Å². The number of rotatable bonds is 4. The molecule has 2 heteroatoms. The van der Waals surface area contributed by atoms with Gasteiger partial charge in [0.05, 0.1) is 13.2 Å². The smallest absolute Gasteiger partial charge is 0.0681 e. The normalized spacial score (nSPS) is 17.5. The van der Waals surface area contributed by atoms with Gasteiger partial charge in [-0.3, -0.25) is 0 Å². The molecule has 0 atom stereocenters. The molecule has 58 valence electrons. The van der Waals surface area contributed by atoms with Crippen LogP contribution in [0.3, 0.4) is 0 Å². The van der Waals surface area contributed by atoms with E-state index in [1.807, 2.05) is 0 Å². The van der Waals surface area contributed by atoms with Gasteiger partial charge in [0.25, 0.3) is 0 Å². The number of aliphatic hydroxyl groups is 1. The van der Waals surface area contributed by atoms with Crippen molar-refractivity contribution < 1.29 is 9.84 Å². The molecule has 0 aliphatic carbocycles. The van der Waals surface area contributed by atoms with Gasteiger partial charge in [0.15, 0.2) is 0 Å². The second-order valence-corrected chi connectivity index (χ2v) is 2.56. The van der Waals surface area contributed by atoms with Gasteiger partial charge in [-0.2, -0.15) is 0 Å². The van der Waals surface area contributed by atoms with Gasteiger partial charge in [0, 0.05) is 6.61 Å². The van der Waals surface area contributed by atoms with E-state index in [9.17, 15) is 0 Å². The van der Waals surface area contributed by atoms with Gasteiger partial charge in [-0.25, -0.2) is 0 Å². The lowest BCUT2D eigenvalue weighted by Crippen LogP contribution is -1.89. The highest BCUT2D eigenvalue weighted by molar-refractivity contribution is 5.06. The molecule has 0 spiro atoms. The van der Waals surface area contributed by atoms with Crippen LogP contribution in [0.5, 0.6) is 0 Å². The Kier molecular flexibility index (Phi) is 3.47. The van der Waals surface area contributed by atoms with Crippen molar-refractivity contribution in [2.75, 3.05) is 19.8 Å². The van der Waals surface area contributed by atoms with E-state index in [-0.39, 0.29) is 0 Å². The minimum atomic E-state index is 0.314. The number of ether oxygens (including phenoxy) is 1. The first kappa shape index (κ1) is 7.76. The van der Waals surface area contributed by atoms with Crippen LogP contribution in [0, 0.1) is 0 Å². The Balaban J connectivity index is 2.01. The number of hydrogen-bond donors (Lipinski definition) is 1. The average molecular weight is 142 g/mol. The molecule has 1 aliphatic heterocycles. The fraction of sp³-hybridized carbons (Fsp3) is 0.750. The monoisotopic (exact) mass is 142 g/mol. The molecule has 1 rings (SSSR count). The lowest BCUT2D eigenvalue weighted by atomic mass is 10.1. The lowest BCUT2D eigenvalue weighted by Gasteiger charge is -1.97. The molecule has 0 aromatic rings. The van der Waals surface area contributed by atoms with Crippen LogP contribution in [0.25, 0.3) is 0 Å². The summed E-state index contributed by atoms with van der Waals surface area (Å²) in [5, 5.41) is 8.49. The van der Waals surface area contributed by atoms with Crippen molar-refractivity contribution in [3.05, 3.63) is 11.6 Å². The molecular formula is C8H14O2. The van der Waals surface area contributed by atoms with Crippen LogP contribution < -0.4 is 0 Å². The molecule has 0 aromatic carbocycles. The standard InChI is InChI=1S/C8H14O2/c9-5-2-1-3-8-4-6-10-7-8/h4,9H,1-3,5-7H2. The Hall–Kier alpha value is -0.340. The van der Waals surface area contributed by atoms with E-state index in [4.69, 9.17) is 9.84 Å². The van der Waals surface area contributed by atoms with Crippen LogP contribution in [-0.2, 0) is 4.74 Å². The van der Waals surface area contributed by atoms with Gasteiger partial charge in [-0.05, 0) is 24.8 Å². The van der Waals surface area contributed by atoms with E-state index >= 15 is 0 Å². The third-order valence-electron chi connectivity index (χ3n) is 1.68. The summed E-state index contributed by atoms with van der Waals surface area (Å²) in [4.78, 5) is 0. The summed E-state index contributed by atoms with van der Waals surface area (Å²) in [7, 11) is 0. The van der Waals surface area contributed by atoms with E-state index < -0.39 is 0 Å². The quantitative estimate of drug-likeness (QED) is 0.470. The average Bonchev–Trinajstić information content (AvgIpc) is 2.41. The molecule has 0 aromatic heterocycles. The summed E-state index contributed by atoms with van der Waals surface area (Å²) in [5.41, 5.74) is 1.40. The number of hydrogen-bond acceptors (Lipinski definition) is 2. The summed E-state index contributed by atoms with van der Waals surface area (Å²) in [6.45, 7) is 1.91. The zero-order valence-corrected chi connectivity index (χ0v) is 6.18. The van der Waals surface area contributed by atoms with E-state index in [0.717, 1.165) is 32.5 Å². The highest BCUT2D eigenvalue weighted by Gasteiger charge is 2.02. The molecule has 0 amide bonds. The topological polar surface area (TPSA) is 29.5 Å². The number of aliphatic hydroxyl groups excluding tert-OH is 1. The Morgan fingerprint density at radius 3 is 3.00 bits per heavy atom. The summed E-state index contributed by atoms with van der Waals surface area (Å²) in [5.74, 6) is 0. The first-order valence-corrected chi connectivity index (χ1v) is 3.80. The largest absolute Gasteiger partial charge is 0.396 e. The molecular weight excluding hydrogens is 128 g/mol. The lowest BCUT2D eigenvalue weighted by molar-refractivity contribution is 0.206. The van der Waals surface area contributed by atoms with Crippen LogP contribution in [0.4, 0.5) is 0 Å². The van der Waals surface area contributed by atoms with Gasteiger partial charge < -0.3 is 9.84 Å². The van der Waals surface area contributed by atoms with Gasteiger partial charge >= 0.3 is 0 Å². The fourth-order valence-electron chi connectivity index (χ4n) is 1.06. The highest BCUT2D eigenvalue weighted by Crippen LogP contribution is 2.11. The Morgan fingerprint density at radius 2 is 2.40 bits per heavy atom. The predicted molar refractivity (Wildman–Crippen MR) is 39.8 cm³/mol. The molecule has 1 N–H and O–H groups in total. The predicted octanol–water partition coefficient (Wildman–Crippen LogP) is 1.11. The summed E-state index contributed by atoms with van der Waals surface area (Å²) >= 11 is 0. The molecule has 2 nitrogen and oxygen atoms in total. The molecule has 1 aliphatic rings. The van der Waals surface area contributed by atoms with Crippen LogP contribution in [0.2, 0.25) is 0 Å². The Bertz CT molecular complexity index is 118. The zero-order valence-electron chi connectivity index (χ0n) is 6.18. The number of unbranched alkanes of at least 4 members (excludes halogenated alkanes) is 1. The second kappa shape index (κ2) is 4.47.